The fourth-order valence-electron chi connectivity index (χ4n) is 2.18. The van der Waals surface area contributed by atoms with Crippen LogP contribution in [0.25, 0.3) is 11.0 Å². The molecule has 24 heavy (non-hydrogen) atoms. The van der Waals surface area contributed by atoms with E-state index in [0.717, 1.165) is 3.57 Å². The zero-order chi connectivity index (χ0) is 17.5. The van der Waals surface area contributed by atoms with Gasteiger partial charge in [0.2, 0.25) is 5.88 Å². The quantitative estimate of drug-likeness (QED) is 0.349. The Bertz CT molecular complexity index is 932. The summed E-state index contributed by atoms with van der Waals surface area (Å²) >= 11 is 2.06. The Balaban J connectivity index is 2.07. The fraction of sp³-hybridized carbons (Fsp3) is 0.267. The normalized spacial score (nSPS) is 11.7. The van der Waals surface area contributed by atoms with Gasteiger partial charge >= 0.3 is 0 Å². The van der Waals surface area contributed by atoms with Crippen molar-refractivity contribution in [3.8, 4) is 11.6 Å². The lowest BCUT2D eigenvalue weighted by Gasteiger charge is -2.19. The summed E-state index contributed by atoms with van der Waals surface area (Å²) in [5.74, 6) is 0.683. The molecule has 0 aliphatic heterocycles. The van der Waals surface area contributed by atoms with Crippen molar-refractivity contribution in [1.29, 1.82) is 0 Å². The Kier molecular flexibility index (Phi) is 4.11. The Labute approximate surface area is 151 Å². The van der Waals surface area contributed by atoms with Gasteiger partial charge in [-0.1, -0.05) is 0 Å². The average molecular weight is 439 g/mol. The number of nitro benzene ring substituents is 1. The number of hydrogen-bond acceptors (Lipinski definition) is 6. The van der Waals surface area contributed by atoms with Crippen LogP contribution in [0, 0.1) is 13.7 Å². The molecule has 0 atom stereocenters. The predicted molar refractivity (Wildman–Crippen MR) is 96.2 cm³/mol. The van der Waals surface area contributed by atoms with E-state index in [2.05, 4.69) is 37.7 Å². The molecule has 0 unspecified atom stereocenters. The number of fused-ring (bicyclic) bond motifs is 1. The number of halogens is 1. The van der Waals surface area contributed by atoms with Crippen molar-refractivity contribution in [3.05, 3.63) is 44.4 Å². The molecule has 0 saturated heterocycles. The lowest BCUT2D eigenvalue weighted by Crippen LogP contribution is -2.23. The van der Waals surface area contributed by atoms with Crippen molar-refractivity contribution >= 4 is 39.3 Å². The first kappa shape index (κ1) is 16.6. The van der Waals surface area contributed by atoms with Crippen LogP contribution in [0.1, 0.15) is 20.8 Å². The second kappa shape index (κ2) is 5.96. The summed E-state index contributed by atoms with van der Waals surface area (Å²) in [5.41, 5.74) is 0.363. The van der Waals surface area contributed by atoms with E-state index in [4.69, 9.17) is 4.74 Å². The fourth-order valence-corrected chi connectivity index (χ4v) is 2.63. The standard InChI is InChI=1S/C15H14IN5O3/c1-15(2,3)20-13-10(7-19-20)14(18-8-17-13)24-12-6-9(21(22)23)4-5-11(12)16/h4-8H,1-3H3. The highest BCUT2D eigenvalue weighted by Gasteiger charge is 2.21. The molecule has 1 aromatic carbocycles. The van der Waals surface area contributed by atoms with Gasteiger partial charge in [-0.05, 0) is 49.4 Å². The lowest BCUT2D eigenvalue weighted by molar-refractivity contribution is -0.384. The maximum atomic E-state index is 11.0. The number of non-ortho nitro benzene ring substituents is 1. The summed E-state index contributed by atoms with van der Waals surface area (Å²) in [5, 5.41) is 16.0. The van der Waals surface area contributed by atoms with Crippen LogP contribution in [0.2, 0.25) is 0 Å². The summed E-state index contributed by atoms with van der Waals surface area (Å²) in [4.78, 5) is 18.9. The molecule has 0 saturated carbocycles. The van der Waals surface area contributed by atoms with Crippen LogP contribution in [0.3, 0.4) is 0 Å². The van der Waals surface area contributed by atoms with E-state index in [1.54, 1.807) is 16.9 Å². The van der Waals surface area contributed by atoms with E-state index >= 15 is 0 Å². The number of nitrogens with zero attached hydrogens (tertiary/aromatic N) is 5. The van der Waals surface area contributed by atoms with Crippen LogP contribution in [-0.2, 0) is 5.54 Å². The van der Waals surface area contributed by atoms with E-state index < -0.39 is 4.92 Å². The summed E-state index contributed by atoms with van der Waals surface area (Å²) < 4.78 is 8.35. The number of benzene rings is 1. The van der Waals surface area contributed by atoms with Crippen LogP contribution < -0.4 is 4.74 Å². The molecule has 0 bridgehead atoms. The minimum absolute atomic E-state index is 0.0406. The second-order valence-corrected chi connectivity index (χ2v) is 7.28. The molecule has 0 amide bonds. The maximum Gasteiger partial charge on any atom is 0.273 e. The highest BCUT2D eigenvalue weighted by atomic mass is 127. The monoisotopic (exact) mass is 439 g/mol. The molecule has 0 N–H and O–H groups in total. The van der Waals surface area contributed by atoms with Crippen LogP contribution in [0.15, 0.2) is 30.7 Å². The number of aromatic nitrogens is 4. The summed E-state index contributed by atoms with van der Waals surface area (Å²) in [6.45, 7) is 6.06. The molecule has 8 nitrogen and oxygen atoms in total. The van der Waals surface area contributed by atoms with Crippen molar-refractivity contribution in [2.75, 3.05) is 0 Å². The number of ether oxygens (including phenoxy) is 1. The molecular formula is C15H14IN5O3. The highest BCUT2D eigenvalue weighted by Crippen LogP contribution is 2.33. The molecule has 3 rings (SSSR count). The molecule has 2 aromatic heterocycles. The van der Waals surface area contributed by atoms with E-state index in [-0.39, 0.29) is 11.2 Å². The van der Waals surface area contributed by atoms with Crippen molar-refractivity contribution in [2.45, 2.75) is 26.3 Å². The minimum atomic E-state index is -0.462. The predicted octanol–water partition coefficient (Wildman–Crippen LogP) is 3.89. The first-order chi connectivity index (χ1) is 11.3. The van der Waals surface area contributed by atoms with Gasteiger partial charge in [-0.15, -0.1) is 0 Å². The highest BCUT2D eigenvalue weighted by molar-refractivity contribution is 14.1. The van der Waals surface area contributed by atoms with Crippen LogP contribution in [-0.4, -0.2) is 24.7 Å². The molecular weight excluding hydrogens is 425 g/mol. The van der Waals surface area contributed by atoms with E-state index in [9.17, 15) is 10.1 Å². The third-order valence-electron chi connectivity index (χ3n) is 3.30. The molecule has 0 fully saturated rings. The molecule has 0 aliphatic rings. The Morgan fingerprint density at radius 1 is 1.29 bits per heavy atom. The van der Waals surface area contributed by atoms with E-state index in [1.165, 1.54) is 18.5 Å². The van der Waals surface area contributed by atoms with Gasteiger partial charge in [-0.3, -0.25) is 10.1 Å². The topological polar surface area (TPSA) is 96.0 Å². The molecule has 0 radical (unpaired) electrons. The van der Waals surface area contributed by atoms with Crippen LogP contribution in [0.4, 0.5) is 5.69 Å². The maximum absolute atomic E-state index is 11.0. The van der Waals surface area contributed by atoms with Crippen molar-refractivity contribution < 1.29 is 9.66 Å². The van der Waals surface area contributed by atoms with Gasteiger partial charge in [0.1, 0.15) is 17.5 Å². The number of rotatable bonds is 3. The summed E-state index contributed by atoms with van der Waals surface area (Å²) in [6, 6.07) is 4.44. The minimum Gasteiger partial charge on any atom is -0.437 e. The SMILES string of the molecule is CC(C)(C)n1ncc2c(Oc3cc([N+](=O)[O-])ccc3I)ncnc21. The van der Waals surface area contributed by atoms with Gasteiger partial charge in [0.05, 0.1) is 26.3 Å². The van der Waals surface area contributed by atoms with Gasteiger partial charge in [-0.2, -0.15) is 5.10 Å². The molecule has 0 aliphatic carbocycles. The lowest BCUT2D eigenvalue weighted by atomic mass is 10.1. The van der Waals surface area contributed by atoms with Crippen molar-refractivity contribution in [3.63, 3.8) is 0 Å². The van der Waals surface area contributed by atoms with Gasteiger partial charge in [0, 0.05) is 6.07 Å². The zero-order valence-corrected chi connectivity index (χ0v) is 15.4. The van der Waals surface area contributed by atoms with Gasteiger partial charge < -0.3 is 4.74 Å². The van der Waals surface area contributed by atoms with Crippen molar-refractivity contribution in [1.82, 2.24) is 19.7 Å². The Hall–Kier alpha value is -2.30. The van der Waals surface area contributed by atoms with Gasteiger partial charge in [-0.25, -0.2) is 14.6 Å². The third kappa shape index (κ3) is 3.03. The Morgan fingerprint density at radius 2 is 2.04 bits per heavy atom. The number of hydrogen-bond donors (Lipinski definition) is 0. The average Bonchev–Trinajstić information content (AvgIpc) is 2.94. The molecule has 3 aromatic rings. The van der Waals surface area contributed by atoms with Crippen LogP contribution in [0.5, 0.6) is 11.6 Å². The molecule has 124 valence electrons. The van der Waals surface area contributed by atoms with Crippen molar-refractivity contribution in [2.24, 2.45) is 0 Å². The summed E-state index contributed by atoms with van der Waals surface area (Å²) in [6.07, 6.45) is 3.03. The van der Waals surface area contributed by atoms with E-state index in [0.29, 0.717) is 22.7 Å². The summed E-state index contributed by atoms with van der Waals surface area (Å²) in [7, 11) is 0. The first-order valence-electron chi connectivity index (χ1n) is 7.08. The molecule has 9 heteroatoms. The first-order valence-corrected chi connectivity index (χ1v) is 8.16. The van der Waals surface area contributed by atoms with Crippen LogP contribution >= 0.6 is 22.6 Å². The smallest absolute Gasteiger partial charge is 0.273 e. The third-order valence-corrected chi connectivity index (χ3v) is 4.19. The molecule has 0 spiro atoms. The Morgan fingerprint density at radius 3 is 2.71 bits per heavy atom. The zero-order valence-electron chi connectivity index (χ0n) is 13.2. The number of nitro groups is 1. The van der Waals surface area contributed by atoms with Gasteiger partial charge in [0.15, 0.2) is 5.65 Å². The van der Waals surface area contributed by atoms with Gasteiger partial charge in [0.25, 0.3) is 5.69 Å². The molecule has 2 heterocycles. The largest absolute Gasteiger partial charge is 0.437 e. The van der Waals surface area contributed by atoms with E-state index in [1.807, 2.05) is 20.8 Å². The second-order valence-electron chi connectivity index (χ2n) is 6.12.